The molecule has 0 spiro atoms. The first-order valence-electron chi connectivity index (χ1n) is 36.2. The number of carbonyl (C=O) groups is 5. The van der Waals surface area contributed by atoms with Crippen LogP contribution in [-0.2, 0) is 35.0 Å². The summed E-state index contributed by atoms with van der Waals surface area (Å²) in [5.41, 5.74) is 38.4. The van der Waals surface area contributed by atoms with E-state index in [-0.39, 0.29) is 29.8 Å². The van der Waals surface area contributed by atoms with Gasteiger partial charge < -0.3 is 56.7 Å². The van der Waals surface area contributed by atoms with Crippen LogP contribution >= 0.6 is 77.7 Å². The van der Waals surface area contributed by atoms with Crippen molar-refractivity contribution < 1.29 is 52.4 Å². The van der Waals surface area contributed by atoms with Crippen LogP contribution in [0.3, 0.4) is 0 Å². The number of rotatable bonds is 14. The minimum Gasteiger partial charge on any atom is -0.465 e. The van der Waals surface area contributed by atoms with Gasteiger partial charge in [0.2, 0.25) is 0 Å². The van der Waals surface area contributed by atoms with E-state index in [1.807, 2.05) is 59.3 Å². The first kappa shape index (κ1) is 80.0. The lowest BCUT2D eigenvalue weighted by molar-refractivity contribution is 0.00652. The van der Waals surface area contributed by atoms with E-state index in [2.05, 4.69) is 68.3 Å². The number of aromatic nitrogens is 5. The average molecular weight is 1660 g/mol. The molecule has 3 aromatic heterocycles. The third kappa shape index (κ3) is 19.9. The molecule has 7 aliphatic rings. The van der Waals surface area contributed by atoms with Crippen LogP contribution in [0.2, 0.25) is 10.0 Å². The maximum absolute atomic E-state index is 11.8. The number of allylic oxidation sites excluding steroid dienone is 2. The zero-order valence-electron chi connectivity index (χ0n) is 60.6. The highest BCUT2D eigenvalue weighted by molar-refractivity contribution is 9.11. The fourth-order valence-corrected chi connectivity index (χ4v) is 18.2. The summed E-state index contributed by atoms with van der Waals surface area (Å²) in [5.74, 6) is 0.621. The maximum atomic E-state index is 11.8. The predicted molar refractivity (Wildman–Crippen MR) is 431 cm³/mol. The van der Waals surface area contributed by atoms with E-state index < -0.39 is 0 Å². The second kappa shape index (κ2) is 37.4. The zero-order chi connectivity index (χ0) is 76.0. The molecule has 1 aliphatic heterocycles. The molecule has 27 heteroatoms. The molecule has 1 saturated heterocycles. The van der Waals surface area contributed by atoms with Crippen LogP contribution in [0.5, 0.6) is 0 Å². The molecule has 9 aromatic rings. The van der Waals surface area contributed by atoms with Crippen LogP contribution in [0.1, 0.15) is 226 Å². The molecule has 566 valence electrons. The van der Waals surface area contributed by atoms with Crippen LogP contribution in [0.15, 0.2) is 112 Å². The second-order valence-electron chi connectivity index (χ2n) is 27.6. The quantitative estimate of drug-likeness (QED) is 0.0384. The maximum Gasteiger partial charge on any atom is 0.337 e. The van der Waals surface area contributed by atoms with Gasteiger partial charge in [0.25, 0.3) is 0 Å². The van der Waals surface area contributed by atoms with Crippen LogP contribution in [0.25, 0.3) is 37.3 Å². The van der Waals surface area contributed by atoms with E-state index >= 15 is 0 Å². The Morgan fingerprint density at radius 3 is 1.56 bits per heavy atom. The number of ether oxygens (including phenoxy) is 6. The number of halogens is 4. The van der Waals surface area contributed by atoms with Crippen molar-refractivity contribution in [1.82, 2.24) is 30.3 Å². The lowest BCUT2D eigenvalue weighted by Gasteiger charge is -2.23. The van der Waals surface area contributed by atoms with Crippen molar-refractivity contribution in [2.45, 2.75) is 165 Å². The van der Waals surface area contributed by atoms with Crippen molar-refractivity contribution in [2.75, 3.05) is 65.0 Å². The van der Waals surface area contributed by atoms with Gasteiger partial charge in [0.05, 0.1) is 118 Å². The molecule has 0 amide bonds. The molecule has 107 heavy (non-hydrogen) atoms. The van der Waals surface area contributed by atoms with Crippen molar-refractivity contribution >= 4 is 156 Å². The Kier molecular flexibility index (Phi) is 28.0. The minimum atomic E-state index is -0.365. The fraction of sp³-hybridized carbons (Fsp3) is 0.412. The SMILES string of the molecule is COC(=O)c1cc(C2CCCC2)c2nc(Br)sc2c1.COC(=O)c1cc(C2CCCC2)c2nc(N)sc2c1.COC(=O)c1ccc(N)c(Br)c1.COC(=O)c1ccc(N)c(C2=CCCC2)c1.COC(=O)c1ccc(N)c(C2CCCC2)c1.Clc1cccc(Cl)c1-c1nnn(C2CC2)c1CO[C@@H]1C[C@@H]2C[C@H]1CN2. The topological polar surface area (TPSA) is 313 Å². The second-order valence-corrected chi connectivity index (χ2v) is 32.6. The van der Waals surface area contributed by atoms with E-state index in [9.17, 15) is 24.0 Å². The predicted octanol–water partition coefficient (Wildman–Crippen LogP) is 18.8. The van der Waals surface area contributed by atoms with Crippen LogP contribution in [0, 0.1) is 5.92 Å². The molecule has 16 rings (SSSR count). The summed E-state index contributed by atoms with van der Waals surface area (Å²) in [6.07, 6.45) is 25.0. The Balaban J connectivity index is 0.000000130. The number of fused-ring (bicyclic) bond motifs is 4. The monoisotopic (exact) mass is 1660 g/mol. The van der Waals surface area contributed by atoms with Gasteiger partial charge in [-0.25, -0.2) is 38.6 Å². The van der Waals surface area contributed by atoms with E-state index in [0.717, 1.165) is 127 Å². The summed E-state index contributed by atoms with van der Waals surface area (Å²) >= 11 is 22.5. The fourth-order valence-electron chi connectivity index (χ4n) is 15.0. The van der Waals surface area contributed by atoms with Gasteiger partial charge in [-0.2, -0.15) is 0 Å². The highest BCUT2D eigenvalue weighted by atomic mass is 79.9. The van der Waals surface area contributed by atoms with Gasteiger partial charge in [-0.1, -0.05) is 90.4 Å². The molecule has 5 saturated carbocycles. The minimum absolute atomic E-state index is 0.273. The van der Waals surface area contributed by atoms with Crippen LogP contribution in [0.4, 0.5) is 22.2 Å². The lowest BCUT2D eigenvalue weighted by Crippen LogP contribution is -2.34. The number of hydrogen-bond acceptors (Lipinski definition) is 22. The van der Waals surface area contributed by atoms with Gasteiger partial charge in [0.15, 0.2) is 9.05 Å². The Morgan fingerprint density at radius 1 is 0.561 bits per heavy atom. The smallest absolute Gasteiger partial charge is 0.337 e. The standard InChI is InChI=1S/C18H20Cl2N4O.C14H14BrNO2S.C14H16N2O2S.C13H17NO2.C13H15NO2.C8H8BrNO2/c19-13-2-1-3-14(20)17(13)18-15(24(23-22-18)12-4-5-12)9-25-16-7-11-6-10(16)8-21-11;2*1-18-13(17)9-6-10(8-4-2-3-5-8)12-11(7-9)19-14(15)16-12;2*1-16-13(15)10-6-7-12(14)11(8-10)9-4-2-3-5-9;1-12-8(11)5-2-3-7(10)6(9)4-5/h1-3,10-12,16,21H,4-9H2;6-8H,2-5H2,1H3;6-8H,2-5H2,1H3,(H2,15,16);6-9H,2-5,14H2,1H3;4,6-8H,2-3,5,14H2,1H3;2-4H,10H2,1H3/t10-,11-,16+;;;;;/m0...../s1. The Bertz CT molecular complexity index is 4590. The van der Waals surface area contributed by atoms with Crippen molar-refractivity contribution in [3.05, 3.63) is 177 Å². The van der Waals surface area contributed by atoms with E-state index in [4.69, 9.17) is 69.8 Å². The number of piperidine rings is 1. The number of carbonyl (C=O) groups excluding carboxylic acids is 5. The van der Waals surface area contributed by atoms with Gasteiger partial charge in [-0.15, -0.1) is 16.4 Å². The number of methoxy groups -OCH3 is 5. The average Bonchev–Trinajstić information content (AvgIpc) is 1.65. The van der Waals surface area contributed by atoms with E-state index in [0.29, 0.717) is 102 Å². The molecular weight excluding hydrogens is 1570 g/mol. The van der Waals surface area contributed by atoms with E-state index in [1.54, 1.807) is 53.8 Å². The lowest BCUT2D eigenvalue weighted by atomic mass is 9.94. The Morgan fingerprint density at radius 2 is 1.06 bits per heavy atom. The highest BCUT2D eigenvalue weighted by Gasteiger charge is 2.41. The molecule has 0 radical (unpaired) electrons. The van der Waals surface area contributed by atoms with Gasteiger partial charge in [-0.3, -0.25) is 0 Å². The molecule has 2 bridgehead atoms. The third-order valence-corrected chi connectivity index (χ3v) is 24.3. The third-order valence-electron chi connectivity index (χ3n) is 20.7. The Hall–Kier alpha value is -8.01. The van der Waals surface area contributed by atoms with E-state index in [1.165, 1.54) is 129 Å². The molecule has 9 N–H and O–H groups in total. The highest BCUT2D eigenvalue weighted by Crippen LogP contribution is 2.45. The molecular formula is C80H90Br2Cl2N10O11S2. The normalized spacial score (nSPS) is 18.0. The number of nitrogens with zero attached hydrogens (tertiary/aromatic N) is 5. The Labute approximate surface area is 657 Å². The number of hydrogen-bond donors (Lipinski definition) is 5. The van der Waals surface area contributed by atoms with Gasteiger partial charge in [0.1, 0.15) is 5.69 Å². The van der Waals surface area contributed by atoms with Crippen molar-refractivity contribution in [2.24, 2.45) is 5.92 Å². The number of thiazole rings is 2. The van der Waals surface area contributed by atoms with Gasteiger partial charge >= 0.3 is 29.8 Å². The summed E-state index contributed by atoms with van der Waals surface area (Å²) in [4.78, 5) is 66.4. The summed E-state index contributed by atoms with van der Waals surface area (Å²) < 4.78 is 35.5. The molecule has 0 unspecified atom stereocenters. The summed E-state index contributed by atoms with van der Waals surface area (Å²) in [6, 6.07) is 29.8. The van der Waals surface area contributed by atoms with Crippen molar-refractivity contribution in [3.63, 3.8) is 0 Å². The molecule has 6 fully saturated rings. The molecule has 3 atom stereocenters. The first-order chi connectivity index (χ1) is 51.7. The number of anilines is 4. The van der Waals surface area contributed by atoms with Gasteiger partial charge in [-0.05, 0) is 252 Å². The summed E-state index contributed by atoms with van der Waals surface area (Å²) in [5, 5.41) is 14.1. The van der Waals surface area contributed by atoms with Crippen LogP contribution in [-0.4, -0.2) is 109 Å². The summed E-state index contributed by atoms with van der Waals surface area (Å²) in [6.45, 7) is 1.58. The molecule has 6 aliphatic carbocycles. The number of benzene rings is 6. The van der Waals surface area contributed by atoms with Crippen LogP contribution < -0.4 is 28.3 Å². The first-order valence-corrected chi connectivity index (χ1v) is 40.1. The number of nitrogens with one attached hydrogen (secondary N) is 1. The number of esters is 5. The van der Waals surface area contributed by atoms with Gasteiger partial charge in [0, 0.05) is 45.2 Å². The number of nitrogen functional groups attached to an aromatic ring is 4. The summed E-state index contributed by atoms with van der Waals surface area (Å²) in [7, 11) is 6.95. The molecule has 21 nitrogen and oxygen atoms in total. The molecule has 4 heterocycles. The zero-order valence-corrected chi connectivity index (χ0v) is 66.9. The molecule has 6 aromatic carbocycles. The number of nitrogens with two attached hydrogens (primary N) is 4. The van der Waals surface area contributed by atoms with Crippen molar-refractivity contribution in [3.8, 4) is 11.3 Å². The van der Waals surface area contributed by atoms with Crippen molar-refractivity contribution in [1.29, 1.82) is 0 Å². The largest absolute Gasteiger partial charge is 0.465 e.